The number of carbonyl (C=O) groups excluding carboxylic acids is 1. The van der Waals surface area contributed by atoms with E-state index in [0.717, 1.165) is 37.7 Å². The molecule has 0 bridgehead atoms. The number of benzene rings is 1. The molecule has 0 radical (unpaired) electrons. The number of nitrogens with zero attached hydrogens (tertiary/aromatic N) is 2. The Bertz CT molecular complexity index is 765. The van der Waals surface area contributed by atoms with Crippen LogP contribution < -0.4 is 15.0 Å². The van der Waals surface area contributed by atoms with Crippen molar-refractivity contribution in [2.45, 2.75) is 25.1 Å². The molecular weight excluding hydrogens is 418 g/mol. The first-order chi connectivity index (χ1) is 12.3. The molecule has 2 heterocycles. The average Bonchev–Trinajstić information content (AvgIpc) is 3.15. The molecule has 28 heavy (non-hydrogen) atoms. The third kappa shape index (κ3) is 5.73. The topological polar surface area (TPSA) is 54.5 Å². The number of ether oxygens (including phenoxy) is 1. The van der Waals surface area contributed by atoms with E-state index < -0.39 is 11.7 Å². The summed E-state index contributed by atoms with van der Waals surface area (Å²) >= 11 is 0. The number of aromatic nitrogens is 1. The molecule has 2 aromatic rings. The van der Waals surface area contributed by atoms with Crippen molar-refractivity contribution in [1.29, 1.82) is 0 Å². The minimum Gasteiger partial charge on any atom is -0.439 e. The summed E-state index contributed by atoms with van der Waals surface area (Å²) in [5.41, 5.74) is -0.128. The van der Waals surface area contributed by atoms with Gasteiger partial charge in [-0.3, -0.25) is 4.79 Å². The van der Waals surface area contributed by atoms with Crippen molar-refractivity contribution in [2.24, 2.45) is 0 Å². The van der Waals surface area contributed by atoms with Gasteiger partial charge in [0.2, 0.25) is 11.8 Å². The summed E-state index contributed by atoms with van der Waals surface area (Å²) in [6.45, 7) is 0.844. The van der Waals surface area contributed by atoms with Gasteiger partial charge in [-0.1, -0.05) is 0 Å². The highest BCUT2D eigenvalue weighted by Gasteiger charge is 2.30. The fraction of sp³-hybridized carbons (Fsp3) is 0.333. The lowest BCUT2D eigenvalue weighted by Crippen LogP contribution is -2.41. The molecule has 10 heteroatoms. The summed E-state index contributed by atoms with van der Waals surface area (Å²) in [6, 6.07) is 8.63. The van der Waals surface area contributed by atoms with E-state index >= 15 is 0 Å². The Hall–Kier alpha value is -2.03. The van der Waals surface area contributed by atoms with Gasteiger partial charge >= 0.3 is 6.18 Å². The van der Waals surface area contributed by atoms with Crippen LogP contribution in [-0.4, -0.2) is 30.5 Å². The number of hydrogen-bond acceptors (Lipinski definition) is 4. The molecule has 1 aliphatic rings. The third-order valence-corrected chi connectivity index (χ3v) is 4.20. The summed E-state index contributed by atoms with van der Waals surface area (Å²) in [7, 11) is 1.70. The zero-order valence-corrected chi connectivity index (χ0v) is 16.5. The van der Waals surface area contributed by atoms with Crippen molar-refractivity contribution in [2.75, 3.05) is 18.5 Å². The minimum atomic E-state index is -4.43. The van der Waals surface area contributed by atoms with Gasteiger partial charge in [0.1, 0.15) is 5.75 Å². The molecule has 0 spiro atoms. The number of alkyl halides is 3. The van der Waals surface area contributed by atoms with Crippen LogP contribution in [-0.2, 0) is 11.0 Å². The first-order valence-electron chi connectivity index (χ1n) is 8.17. The molecule has 1 fully saturated rings. The van der Waals surface area contributed by atoms with Gasteiger partial charge in [0.05, 0.1) is 11.6 Å². The Kier molecular flexibility index (Phi) is 8.53. The van der Waals surface area contributed by atoms with E-state index in [-0.39, 0.29) is 42.6 Å². The van der Waals surface area contributed by atoms with Gasteiger partial charge in [0, 0.05) is 25.0 Å². The summed E-state index contributed by atoms with van der Waals surface area (Å²) < 4.78 is 43.0. The van der Waals surface area contributed by atoms with Crippen molar-refractivity contribution in [3.63, 3.8) is 0 Å². The van der Waals surface area contributed by atoms with Crippen LogP contribution in [0.5, 0.6) is 11.6 Å². The second-order valence-corrected chi connectivity index (χ2v) is 6.03. The van der Waals surface area contributed by atoms with E-state index in [1.54, 1.807) is 36.2 Å². The van der Waals surface area contributed by atoms with Gasteiger partial charge < -0.3 is 15.0 Å². The van der Waals surface area contributed by atoms with Crippen molar-refractivity contribution < 1.29 is 22.7 Å². The Morgan fingerprint density at radius 3 is 2.36 bits per heavy atom. The number of amides is 1. The van der Waals surface area contributed by atoms with E-state index in [4.69, 9.17) is 4.74 Å². The molecule has 1 aromatic heterocycles. The Balaban J connectivity index is 0.00000196. The molecule has 1 atom stereocenters. The standard InChI is InChI=1S/C18H18F3N3O2.2ClH/c1-24(17(25)15-3-2-10-22-15)13-5-7-14(8-6-13)26-16-9-4-12(11-23-16)18(19,20)21;;/h4-9,11,15,22H,2-3,10H2,1H3;2*1H. The Morgan fingerprint density at radius 2 is 1.86 bits per heavy atom. The van der Waals surface area contributed by atoms with Gasteiger partial charge in [0.25, 0.3) is 0 Å². The molecule has 1 amide bonds. The summed E-state index contributed by atoms with van der Waals surface area (Å²) in [5.74, 6) is 0.478. The molecule has 1 saturated heterocycles. The average molecular weight is 438 g/mol. The Morgan fingerprint density at radius 1 is 1.18 bits per heavy atom. The van der Waals surface area contributed by atoms with Gasteiger partial charge in [-0.25, -0.2) is 4.98 Å². The molecule has 3 rings (SSSR count). The quantitative estimate of drug-likeness (QED) is 0.767. The molecule has 1 unspecified atom stereocenters. The lowest BCUT2D eigenvalue weighted by molar-refractivity contribution is -0.137. The maximum atomic E-state index is 12.5. The first kappa shape index (κ1) is 24.0. The summed E-state index contributed by atoms with van der Waals surface area (Å²) in [4.78, 5) is 17.6. The van der Waals surface area contributed by atoms with Crippen LogP contribution in [0.4, 0.5) is 18.9 Å². The molecule has 5 nitrogen and oxygen atoms in total. The molecule has 1 N–H and O–H groups in total. The molecule has 1 aromatic carbocycles. The van der Waals surface area contributed by atoms with Crippen LogP contribution in [0.3, 0.4) is 0 Å². The van der Waals surface area contributed by atoms with Gasteiger partial charge in [0.15, 0.2) is 0 Å². The number of carbonyl (C=O) groups is 1. The summed E-state index contributed by atoms with van der Waals surface area (Å²) in [5, 5.41) is 3.16. The van der Waals surface area contributed by atoms with Crippen LogP contribution in [0, 0.1) is 0 Å². The minimum absolute atomic E-state index is 0. The number of anilines is 1. The number of halogens is 5. The molecule has 154 valence electrons. The Labute approximate surface area is 173 Å². The van der Waals surface area contributed by atoms with Crippen LogP contribution in [0.2, 0.25) is 0 Å². The fourth-order valence-corrected chi connectivity index (χ4v) is 2.72. The highest BCUT2D eigenvalue weighted by atomic mass is 35.5. The van der Waals surface area contributed by atoms with Crippen molar-refractivity contribution in [1.82, 2.24) is 10.3 Å². The molecule has 0 aliphatic carbocycles. The van der Waals surface area contributed by atoms with Gasteiger partial charge in [-0.15, -0.1) is 24.8 Å². The second kappa shape index (κ2) is 9.95. The maximum absolute atomic E-state index is 12.5. The fourth-order valence-electron chi connectivity index (χ4n) is 2.72. The van der Waals surface area contributed by atoms with E-state index in [2.05, 4.69) is 10.3 Å². The van der Waals surface area contributed by atoms with Crippen LogP contribution in [0.15, 0.2) is 42.6 Å². The number of rotatable bonds is 4. The first-order valence-corrected chi connectivity index (χ1v) is 8.17. The van der Waals surface area contributed by atoms with Crippen molar-refractivity contribution in [3.8, 4) is 11.6 Å². The number of nitrogens with one attached hydrogen (secondary N) is 1. The van der Waals surface area contributed by atoms with Gasteiger partial charge in [-0.2, -0.15) is 13.2 Å². The SMILES string of the molecule is CN(C(=O)C1CCCN1)c1ccc(Oc2ccc(C(F)(F)F)cn2)cc1.Cl.Cl. The van der Waals surface area contributed by atoms with Crippen molar-refractivity contribution >= 4 is 36.4 Å². The normalized spacial score (nSPS) is 15.9. The molecule has 1 aliphatic heterocycles. The highest BCUT2D eigenvalue weighted by molar-refractivity contribution is 5.96. The predicted molar refractivity (Wildman–Crippen MR) is 105 cm³/mol. The number of hydrogen-bond donors (Lipinski definition) is 1. The van der Waals surface area contributed by atoms with E-state index in [1.165, 1.54) is 0 Å². The van der Waals surface area contributed by atoms with E-state index in [0.29, 0.717) is 11.4 Å². The largest absolute Gasteiger partial charge is 0.439 e. The van der Waals surface area contributed by atoms with E-state index in [1.807, 2.05) is 0 Å². The zero-order chi connectivity index (χ0) is 18.7. The van der Waals surface area contributed by atoms with Crippen molar-refractivity contribution in [3.05, 3.63) is 48.2 Å². The zero-order valence-electron chi connectivity index (χ0n) is 14.9. The third-order valence-electron chi connectivity index (χ3n) is 4.20. The summed E-state index contributed by atoms with van der Waals surface area (Å²) in [6.07, 6.45) is -1.90. The molecular formula is C18H20Cl2F3N3O2. The smallest absolute Gasteiger partial charge is 0.417 e. The predicted octanol–water partition coefficient (Wildman–Crippen LogP) is 4.45. The van der Waals surface area contributed by atoms with Crippen LogP contribution in [0.25, 0.3) is 0 Å². The lowest BCUT2D eigenvalue weighted by atomic mass is 10.2. The van der Waals surface area contributed by atoms with Gasteiger partial charge in [-0.05, 0) is 49.7 Å². The van der Waals surface area contributed by atoms with Crippen LogP contribution >= 0.6 is 24.8 Å². The molecule has 0 saturated carbocycles. The number of likely N-dealkylation sites (N-methyl/N-ethyl adjacent to an activating group) is 1. The maximum Gasteiger partial charge on any atom is 0.417 e. The highest BCUT2D eigenvalue weighted by Crippen LogP contribution is 2.30. The lowest BCUT2D eigenvalue weighted by Gasteiger charge is -2.21. The number of pyridine rings is 1. The van der Waals surface area contributed by atoms with Crippen LogP contribution in [0.1, 0.15) is 18.4 Å². The second-order valence-electron chi connectivity index (χ2n) is 6.03. The monoisotopic (exact) mass is 437 g/mol. The van der Waals surface area contributed by atoms with E-state index in [9.17, 15) is 18.0 Å².